The topological polar surface area (TPSA) is 75.9 Å². The molecule has 9 heteroatoms. The number of nitrogens with zero attached hydrogens (tertiary/aromatic N) is 4. The summed E-state index contributed by atoms with van der Waals surface area (Å²) in [6.07, 6.45) is -5.36. The molecular weight excluding hydrogens is 371 g/mol. The minimum absolute atomic E-state index is 0.0692. The molecule has 2 aromatic carbocycles. The van der Waals surface area contributed by atoms with Gasteiger partial charge in [-0.15, -0.1) is 0 Å². The van der Waals surface area contributed by atoms with Crippen molar-refractivity contribution in [3.63, 3.8) is 0 Å². The van der Waals surface area contributed by atoms with Gasteiger partial charge in [0.2, 0.25) is 11.8 Å². The number of hydrogen-bond acceptors (Lipinski definition) is 5. The second-order valence-corrected chi connectivity index (χ2v) is 6.38. The van der Waals surface area contributed by atoms with Crippen LogP contribution in [0, 0.1) is 0 Å². The lowest BCUT2D eigenvalue weighted by Gasteiger charge is -2.15. The van der Waals surface area contributed by atoms with Gasteiger partial charge in [0.25, 0.3) is 0 Å². The molecule has 0 radical (unpaired) electrons. The van der Waals surface area contributed by atoms with Gasteiger partial charge in [0.05, 0.1) is 22.7 Å². The molecule has 0 amide bonds. The summed E-state index contributed by atoms with van der Waals surface area (Å²) in [7, 11) is 0. The van der Waals surface area contributed by atoms with E-state index in [0.717, 1.165) is 0 Å². The van der Waals surface area contributed by atoms with Gasteiger partial charge in [0, 0.05) is 11.9 Å². The van der Waals surface area contributed by atoms with E-state index in [0.29, 0.717) is 22.4 Å². The van der Waals surface area contributed by atoms with Crippen LogP contribution in [-0.4, -0.2) is 37.3 Å². The van der Waals surface area contributed by atoms with E-state index in [1.165, 1.54) is 10.6 Å². The molecule has 0 saturated heterocycles. The summed E-state index contributed by atoms with van der Waals surface area (Å²) < 4.78 is 41.7. The number of halogens is 3. The number of aromatic nitrogens is 4. The summed E-state index contributed by atoms with van der Waals surface area (Å²) in [6, 6.07) is 13.6. The largest absolute Gasteiger partial charge is 0.451 e. The predicted octanol–water partition coefficient (Wildman–Crippen LogP) is 3.78. The fourth-order valence-electron chi connectivity index (χ4n) is 2.96. The van der Waals surface area contributed by atoms with Crippen molar-refractivity contribution in [1.82, 2.24) is 19.5 Å². The molecule has 0 aliphatic heterocycles. The molecule has 0 fully saturated rings. The highest BCUT2D eigenvalue weighted by molar-refractivity contribution is 5.90. The van der Waals surface area contributed by atoms with E-state index in [9.17, 15) is 18.3 Å². The molecule has 0 bridgehead atoms. The van der Waals surface area contributed by atoms with Crippen molar-refractivity contribution in [2.45, 2.75) is 19.2 Å². The monoisotopic (exact) mass is 387 g/mol. The highest BCUT2D eigenvalue weighted by Gasteiger charge is 2.36. The Balaban J connectivity index is 2.04. The first-order valence-electron chi connectivity index (χ1n) is 8.58. The number of aliphatic hydroxyl groups is 1. The lowest BCUT2D eigenvalue weighted by molar-refractivity contribution is -0.144. The molecule has 6 nitrogen and oxygen atoms in total. The predicted molar refractivity (Wildman–Crippen MR) is 99.3 cm³/mol. The average molecular weight is 387 g/mol. The van der Waals surface area contributed by atoms with Gasteiger partial charge in [-0.2, -0.15) is 13.2 Å². The average Bonchev–Trinajstić information content (AvgIpc) is 3.03. The number of fused-ring (bicyclic) bond motifs is 2. The number of nitrogens with one attached hydrogen (secondary N) is 1. The second-order valence-electron chi connectivity index (χ2n) is 6.38. The molecule has 0 aliphatic carbocycles. The van der Waals surface area contributed by atoms with Crippen molar-refractivity contribution in [2.75, 3.05) is 11.9 Å². The molecule has 144 valence electrons. The Morgan fingerprint density at radius 3 is 2.39 bits per heavy atom. The van der Waals surface area contributed by atoms with Crippen molar-refractivity contribution >= 4 is 27.9 Å². The number of alkyl halides is 3. The lowest BCUT2D eigenvalue weighted by Crippen LogP contribution is -2.19. The van der Waals surface area contributed by atoms with Crippen molar-refractivity contribution in [1.29, 1.82) is 0 Å². The van der Waals surface area contributed by atoms with Gasteiger partial charge >= 0.3 is 6.18 Å². The second kappa shape index (κ2) is 6.75. The molecule has 4 rings (SSSR count). The molecule has 2 heterocycles. The smallest absolute Gasteiger partial charge is 0.392 e. The van der Waals surface area contributed by atoms with Crippen LogP contribution in [0.3, 0.4) is 0 Å². The van der Waals surface area contributed by atoms with Crippen LogP contribution >= 0.6 is 0 Å². The minimum atomic E-state index is -4.69. The van der Waals surface area contributed by atoms with Gasteiger partial charge in [-0.25, -0.2) is 15.0 Å². The molecule has 0 aliphatic rings. The molecule has 4 aromatic rings. The highest BCUT2D eigenvalue weighted by Crippen LogP contribution is 2.32. The Kier molecular flexibility index (Phi) is 4.38. The van der Waals surface area contributed by atoms with Crippen molar-refractivity contribution in [3.05, 3.63) is 54.4 Å². The Morgan fingerprint density at radius 1 is 1.00 bits per heavy atom. The van der Waals surface area contributed by atoms with E-state index in [-0.39, 0.29) is 17.9 Å². The molecule has 0 unspecified atom stereocenters. The summed E-state index contributed by atoms with van der Waals surface area (Å²) in [5.74, 6) is -0.862. The number of hydrogen-bond donors (Lipinski definition) is 2. The molecule has 0 saturated carbocycles. The van der Waals surface area contributed by atoms with Gasteiger partial charge in [-0.3, -0.25) is 4.57 Å². The van der Waals surface area contributed by atoms with Crippen LogP contribution in [0.25, 0.3) is 27.8 Å². The van der Waals surface area contributed by atoms with E-state index in [4.69, 9.17) is 0 Å². The van der Waals surface area contributed by atoms with Gasteiger partial charge in [0.1, 0.15) is 0 Å². The first kappa shape index (κ1) is 18.2. The zero-order valence-electron chi connectivity index (χ0n) is 14.8. The third-order valence-electron chi connectivity index (χ3n) is 4.16. The number of aliphatic hydroxyl groups excluding tert-OH is 1. The molecular formula is C19H16F3N5O. The van der Waals surface area contributed by atoms with Gasteiger partial charge in [-0.05, 0) is 31.2 Å². The highest BCUT2D eigenvalue weighted by atomic mass is 19.4. The normalized spacial score (nSPS) is 13.2. The van der Waals surface area contributed by atoms with Crippen LogP contribution < -0.4 is 5.32 Å². The summed E-state index contributed by atoms with van der Waals surface area (Å²) in [5.41, 5.74) is 1.36. The maximum atomic E-state index is 13.4. The molecule has 28 heavy (non-hydrogen) atoms. The SMILES string of the molecule is C[C@H](O)CNc1nc2ccccc2n1-c1nc(C(F)(F)F)nc2ccccc12. The molecule has 1 atom stereocenters. The van der Waals surface area contributed by atoms with E-state index >= 15 is 0 Å². The van der Waals surface area contributed by atoms with Gasteiger partial charge < -0.3 is 10.4 Å². The van der Waals surface area contributed by atoms with Gasteiger partial charge in [-0.1, -0.05) is 24.3 Å². The first-order valence-corrected chi connectivity index (χ1v) is 8.58. The Labute approximate surface area is 157 Å². The van der Waals surface area contributed by atoms with Crippen molar-refractivity contribution < 1.29 is 18.3 Å². The van der Waals surface area contributed by atoms with Gasteiger partial charge in [0.15, 0.2) is 5.82 Å². The van der Waals surface area contributed by atoms with Crippen LogP contribution in [0.5, 0.6) is 0 Å². The molecule has 2 aromatic heterocycles. The fourth-order valence-corrected chi connectivity index (χ4v) is 2.96. The zero-order valence-corrected chi connectivity index (χ0v) is 14.8. The standard InChI is InChI=1S/C19H16F3N5O/c1-11(28)10-23-18-25-14-8-4-5-9-15(14)27(18)16-12-6-2-3-7-13(12)24-17(26-16)19(20,21)22/h2-9,11,28H,10H2,1H3,(H,23,25)/t11-/m0/s1. The molecule has 2 N–H and O–H groups in total. The summed E-state index contributed by atoms with van der Waals surface area (Å²) in [4.78, 5) is 12.0. The maximum absolute atomic E-state index is 13.4. The van der Waals surface area contributed by atoms with Crippen LogP contribution in [0.4, 0.5) is 19.1 Å². The van der Waals surface area contributed by atoms with Crippen LogP contribution in [-0.2, 0) is 6.18 Å². The first-order chi connectivity index (χ1) is 13.3. The Morgan fingerprint density at radius 2 is 1.68 bits per heavy atom. The number of para-hydroxylation sites is 3. The maximum Gasteiger partial charge on any atom is 0.451 e. The Bertz CT molecular complexity index is 1150. The number of benzene rings is 2. The van der Waals surface area contributed by atoms with Crippen LogP contribution in [0.1, 0.15) is 12.7 Å². The zero-order chi connectivity index (χ0) is 19.9. The van der Waals surface area contributed by atoms with Crippen molar-refractivity contribution in [2.24, 2.45) is 0 Å². The van der Waals surface area contributed by atoms with E-state index in [2.05, 4.69) is 20.3 Å². The summed E-state index contributed by atoms with van der Waals surface area (Å²) in [5, 5.41) is 13.0. The third kappa shape index (κ3) is 3.24. The van der Waals surface area contributed by atoms with Crippen molar-refractivity contribution in [3.8, 4) is 5.82 Å². The lowest BCUT2D eigenvalue weighted by atomic mass is 10.2. The number of imidazole rings is 1. The third-order valence-corrected chi connectivity index (χ3v) is 4.16. The quantitative estimate of drug-likeness (QED) is 0.557. The number of anilines is 1. The minimum Gasteiger partial charge on any atom is -0.392 e. The van der Waals surface area contributed by atoms with E-state index in [1.807, 2.05) is 0 Å². The summed E-state index contributed by atoms with van der Waals surface area (Å²) in [6.45, 7) is 1.78. The Hall–Kier alpha value is -3.20. The number of rotatable bonds is 4. The van der Waals surface area contributed by atoms with E-state index < -0.39 is 18.1 Å². The summed E-state index contributed by atoms with van der Waals surface area (Å²) >= 11 is 0. The van der Waals surface area contributed by atoms with Crippen LogP contribution in [0.15, 0.2) is 48.5 Å². The van der Waals surface area contributed by atoms with Crippen LogP contribution in [0.2, 0.25) is 0 Å². The van der Waals surface area contributed by atoms with E-state index in [1.54, 1.807) is 49.4 Å². The molecule has 0 spiro atoms. The fraction of sp³-hybridized carbons (Fsp3) is 0.211.